The molecule has 132 valence electrons. The predicted octanol–water partition coefficient (Wildman–Crippen LogP) is 1.36. The van der Waals surface area contributed by atoms with E-state index in [0.29, 0.717) is 19.0 Å². The Bertz CT molecular complexity index is 615. The zero-order valence-electron chi connectivity index (χ0n) is 14.5. The number of aromatic nitrogens is 1. The number of amides is 1. The quantitative estimate of drug-likeness (QED) is 0.757. The van der Waals surface area contributed by atoms with E-state index in [0.717, 1.165) is 31.6 Å². The maximum Gasteiger partial charge on any atom is 0.323 e. The molecule has 1 aromatic rings. The fourth-order valence-corrected chi connectivity index (χ4v) is 3.57. The highest BCUT2D eigenvalue weighted by Gasteiger charge is 2.41. The fraction of sp³-hybridized carbons (Fsp3) is 0.706. The molecule has 7 nitrogen and oxygen atoms in total. The van der Waals surface area contributed by atoms with E-state index in [-0.39, 0.29) is 30.1 Å². The Morgan fingerprint density at radius 1 is 1.50 bits per heavy atom. The van der Waals surface area contributed by atoms with Crippen LogP contribution in [0.1, 0.15) is 45.3 Å². The van der Waals surface area contributed by atoms with Crippen molar-refractivity contribution < 1.29 is 18.7 Å². The lowest BCUT2D eigenvalue weighted by Crippen LogP contribution is -2.43. The highest BCUT2D eigenvalue weighted by Crippen LogP contribution is 2.26. The van der Waals surface area contributed by atoms with Gasteiger partial charge >= 0.3 is 5.97 Å². The molecule has 3 atom stereocenters. The highest BCUT2D eigenvalue weighted by molar-refractivity contribution is 5.78. The lowest BCUT2D eigenvalue weighted by molar-refractivity contribution is -0.144. The molecule has 0 aromatic carbocycles. The number of aryl methyl sites for hydroxylation is 1. The van der Waals surface area contributed by atoms with Crippen molar-refractivity contribution in [2.45, 2.75) is 64.8 Å². The smallest absolute Gasteiger partial charge is 0.323 e. The van der Waals surface area contributed by atoms with E-state index in [2.05, 4.69) is 9.88 Å². The molecule has 3 heterocycles. The van der Waals surface area contributed by atoms with Crippen LogP contribution in [0, 0.1) is 0 Å². The average Bonchev–Trinajstić information content (AvgIpc) is 3.24. The van der Waals surface area contributed by atoms with E-state index < -0.39 is 0 Å². The molecule has 0 unspecified atom stereocenters. The molecule has 0 radical (unpaired) electrons. The maximum absolute atomic E-state index is 12.1. The van der Waals surface area contributed by atoms with Gasteiger partial charge in [0.2, 0.25) is 11.8 Å². The second-order valence-electron chi connectivity index (χ2n) is 6.66. The monoisotopic (exact) mass is 335 g/mol. The number of esters is 1. The van der Waals surface area contributed by atoms with E-state index in [9.17, 15) is 9.59 Å². The number of oxazole rings is 1. The Hall–Kier alpha value is -1.89. The summed E-state index contributed by atoms with van der Waals surface area (Å²) in [6, 6.07) is -0.101. The Labute approximate surface area is 141 Å². The average molecular weight is 335 g/mol. The van der Waals surface area contributed by atoms with Gasteiger partial charge in [-0.15, -0.1) is 0 Å². The number of rotatable bonds is 5. The molecular weight excluding hydrogens is 310 g/mol. The van der Waals surface area contributed by atoms with Crippen LogP contribution in [0.3, 0.4) is 0 Å². The number of likely N-dealkylation sites (tertiary alicyclic amines) is 1. The van der Waals surface area contributed by atoms with Crippen molar-refractivity contribution in [3.8, 4) is 0 Å². The Kier molecular flexibility index (Phi) is 4.89. The van der Waals surface area contributed by atoms with Crippen molar-refractivity contribution in [1.29, 1.82) is 0 Å². The summed E-state index contributed by atoms with van der Waals surface area (Å²) < 4.78 is 10.9. The number of carbonyl (C=O) groups is 2. The molecule has 3 rings (SSSR count). The van der Waals surface area contributed by atoms with Gasteiger partial charge in [-0.3, -0.25) is 14.5 Å². The standard InChI is InChI=1S/C17H25N3O4/c1-4-14-8-18-16(24-14)10-20(12(3)21)13-5-6-19(9-13)15-7-11(2)23-17(15)22/h8,11,13,15H,4-7,9-10H2,1-3H3/t11-,13+,15-/m0/s1. The summed E-state index contributed by atoms with van der Waals surface area (Å²) >= 11 is 0. The van der Waals surface area contributed by atoms with Crippen LogP contribution < -0.4 is 0 Å². The zero-order chi connectivity index (χ0) is 17.3. The second kappa shape index (κ2) is 6.93. The van der Waals surface area contributed by atoms with E-state index >= 15 is 0 Å². The lowest BCUT2D eigenvalue weighted by Gasteiger charge is -2.27. The second-order valence-corrected chi connectivity index (χ2v) is 6.66. The van der Waals surface area contributed by atoms with Gasteiger partial charge in [-0.2, -0.15) is 0 Å². The summed E-state index contributed by atoms with van der Waals surface area (Å²) in [4.78, 5) is 32.2. The van der Waals surface area contributed by atoms with Crippen molar-refractivity contribution in [2.24, 2.45) is 0 Å². The molecular formula is C17H25N3O4. The summed E-state index contributed by atoms with van der Waals surface area (Å²) in [6.07, 6.45) is 4.05. The van der Waals surface area contributed by atoms with Gasteiger partial charge in [-0.05, 0) is 13.3 Å². The Morgan fingerprint density at radius 2 is 2.29 bits per heavy atom. The summed E-state index contributed by atoms with van der Waals surface area (Å²) in [7, 11) is 0. The highest BCUT2D eigenvalue weighted by atomic mass is 16.6. The number of hydrogen-bond acceptors (Lipinski definition) is 6. The van der Waals surface area contributed by atoms with Crippen LogP contribution in [-0.2, 0) is 27.3 Å². The first-order valence-corrected chi connectivity index (χ1v) is 8.63. The predicted molar refractivity (Wildman–Crippen MR) is 86.0 cm³/mol. The van der Waals surface area contributed by atoms with Crippen molar-refractivity contribution in [2.75, 3.05) is 13.1 Å². The molecule has 1 amide bonds. The van der Waals surface area contributed by atoms with Crippen LogP contribution in [-0.4, -0.2) is 57.9 Å². The third-order valence-corrected chi connectivity index (χ3v) is 4.88. The molecule has 0 N–H and O–H groups in total. The van der Waals surface area contributed by atoms with Gasteiger partial charge in [0.15, 0.2) is 0 Å². The topological polar surface area (TPSA) is 75.9 Å². The Balaban J connectivity index is 1.64. The van der Waals surface area contributed by atoms with Crippen molar-refractivity contribution >= 4 is 11.9 Å². The molecule has 2 fully saturated rings. The first-order valence-electron chi connectivity index (χ1n) is 8.63. The van der Waals surface area contributed by atoms with Crippen molar-refractivity contribution in [3.05, 3.63) is 17.8 Å². The number of carbonyl (C=O) groups excluding carboxylic acids is 2. The molecule has 0 bridgehead atoms. The molecule has 0 spiro atoms. The van der Waals surface area contributed by atoms with Crippen molar-refractivity contribution in [3.63, 3.8) is 0 Å². The number of ether oxygens (including phenoxy) is 1. The Morgan fingerprint density at radius 3 is 2.88 bits per heavy atom. The van der Waals surface area contributed by atoms with Crippen LogP contribution in [0.25, 0.3) is 0 Å². The molecule has 0 aliphatic carbocycles. The van der Waals surface area contributed by atoms with Gasteiger partial charge in [-0.1, -0.05) is 6.92 Å². The molecule has 0 saturated carbocycles. The first-order chi connectivity index (χ1) is 11.5. The minimum atomic E-state index is -0.174. The first kappa shape index (κ1) is 17.0. The van der Waals surface area contributed by atoms with E-state index in [4.69, 9.17) is 9.15 Å². The largest absolute Gasteiger partial charge is 0.461 e. The fourth-order valence-electron chi connectivity index (χ4n) is 3.57. The number of hydrogen-bond donors (Lipinski definition) is 0. The minimum absolute atomic E-state index is 0.000431. The third-order valence-electron chi connectivity index (χ3n) is 4.88. The van der Waals surface area contributed by atoms with Gasteiger partial charge in [-0.25, -0.2) is 4.98 Å². The van der Waals surface area contributed by atoms with E-state index in [1.807, 2.05) is 13.8 Å². The lowest BCUT2D eigenvalue weighted by atomic mass is 10.1. The SMILES string of the molecule is CCc1cnc(CN(C(C)=O)[C@@H]2CCN([C@H]3C[C@H](C)OC3=O)C2)o1. The van der Waals surface area contributed by atoms with Crippen LogP contribution in [0.15, 0.2) is 10.6 Å². The van der Waals surface area contributed by atoms with Gasteiger partial charge in [0.1, 0.15) is 17.9 Å². The maximum atomic E-state index is 12.1. The zero-order valence-corrected chi connectivity index (χ0v) is 14.5. The number of nitrogens with zero attached hydrogens (tertiary/aromatic N) is 3. The van der Waals surface area contributed by atoms with Gasteiger partial charge in [0, 0.05) is 38.9 Å². The van der Waals surface area contributed by atoms with E-state index in [1.54, 1.807) is 18.0 Å². The summed E-state index contributed by atoms with van der Waals surface area (Å²) in [5.41, 5.74) is 0. The van der Waals surface area contributed by atoms with Gasteiger partial charge in [0.25, 0.3) is 0 Å². The van der Waals surface area contributed by atoms with Crippen LogP contribution in [0.4, 0.5) is 0 Å². The van der Waals surface area contributed by atoms with Crippen LogP contribution in [0.5, 0.6) is 0 Å². The van der Waals surface area contributed by atoms with Gasteiger partial charge < -0.3 is 14.1 Å². The van der Waals surface area contributed by atoms with Crippen LogP contribution >= 0.6 is 0 Å². The summed E-state index contributed by atoms with van der Waals surface area (Å²) in [6.45, 7) is 7.35. The van der Waals surface area contributed by atoms with E-state index in [1.165, 1.54) is 0 Å². The molecule has 24 heavy (non-hydrogen) atoms. The summed E-state index contributed by atoms with van der Waals surface area (Å²) in [5, 5.41) is 0. The van der Waals surface area contributed by atoms with Crippen molar-refractivity contribution in [1.82, 2.24) is 14.8 Å². The third kappa shape index (κ3) is 3.45. The summed E-state index contributed by atoms with van der Waals surface area (Å²) in [5.74, 6) is 1.25. The molecule has 2 aliphatic heterocycles. The molecule has 2 saturated heterocycles. The van der Waals surface area contributed by atoms with Crippen LogP contribution in [0.2, 0.25) is 0 Å². The molecule has 1 aromatic heterocycles. The normalized spacial score (nSPS) is 27.5. The minimum Gasteiger partial charge on any atom is -0.461 e. The molecule has 7 heteroatoms. The number of cyclic esters (lactones) is 1. The molecule has 2 aliphatic rings. The van der Waals surface area contributed by atoms with Gasteiger partial charge in [0.05, 0.1) is 12.7 Å².